The van der Waals surface area contributed by atoms with Gasteiger partial charge in [-0.3, -0.25) is 9.59 Å². The van der Waals surface area contributed by atoms with Crippen molar-refractivity contribution in [2.75, 3.05) is 29.4 Å². The van der Waals surface area contributed by atoms with Crippen molar-refractivity contribution in [2.24, 2.45) is 11.1 Å². The number of para-hydroxylation sites is 1. The van der Waals surface area contributed by atoms with E-state index in [1.54, 1.807) is 17.0 Å². The molecule has 4 heterocycles. The molecule has 6 rings (SSSR count). The standard InChI is InChI=1S/C27H26FN5O2/c28-17-7-9-18(10-8-17)33-14-4-12-27(26(33)35)11-3-13-32(16-27)25-22-19-5-1-2-6-21(19)31-23(22)20(15-30-25)24(29)34/h1-2,5-10,15,31H,3-4,11-14,16H2,(H2,29,34)/t27-/m0/s1. The number of halogens is 1. The molecular formula is C27H26FN5O2. The Morgan fingerprint density at radius 3 is 2.57 bits per heavy atom. The molecule has 2 aromatic heterocycles. The number of carbonyl (C=O) groups excluding carboxylic acids is 2. The second kappa shape index (κ2) is 8.08. The summed E-state index contributed by atoms with van der Waals surface area (Å²) in [5.41, 5.74) is 7.78. The third-order valence-corrected chi connectivity index (χ3v) is 7.53. The van der Waals surface area contributed by atoms with Crippen LogP contribution in [0.1, 0.15) is 36.0 Å². The highest BCUT2D eigenvalue weighted by Gasteiger charge is 2.47. The Morgan fingerprint density at radius 2 is 1.80 bits per heavy atom. The number of primary amides is 1. The average Bonchev–Trinajstić information content (AvgIpc) is 3.26. The maximum absolute atomic E-state index is 13.9. The van der Waals surface area contributed by atoms with Crippen molar-refractivity contribution in [3.05, 3.63) is 66.1 Å². The number of amides is 2. The maximum atomic E-state index is 13.9. The van der Waals surface area contributed by atoms with Crippen LogP contribution in [0, 0.1) is 11.2 Å². The lowest BCUT2D eigenvalue weighted by molar-refractivity contribution is -0.131. The first-order valence-corrected chi connectivity index (χ1v) is 12.0. The SMILES string of the molecule is NC(=O)c1cnc(N2CCC[C@]3(CCCN(c4ccc(F)cc4)C3=O)C2)c2c1[nH]c1ccccc12. The number of H-pyrrole nitrogens is 1. The van der Waals surface area contributed by atoms with E-state index in [1.807, 2.05) is 24.3 Å². The maximum Gasteiger partial charge on any atom is 0.252 e. The number of rotatable bonds is 3. The van der Waals surface area contributed by atoms with Gasteiger partial charge in [0.15, 0.2) is 0 Å². The van der Waals surface area contributed by atoms with E-state index < -0.39 is 11.3 Å². The topological polar surface area (TPSA) is 95.3 Å². The van der Waals surface area contributed by atoms with E-state index in [-0.39, 0.29) is 11.7 Å². The zero-order valence-electron chi connectivity index (χ0n) is 19.3. The van der Waals surface area contributed by atoms with Crippen molar-refractivity contribution in [1.82, 2.24) is 9.97 Å². The fourth-order valence-corrected chi connectivity index (χ4v) is 5.89. The summed E-state index contributed by atoms with van der Waals surface area (Å²) in [6, 6.07) is 14.0. The molecule has 2 fully saturated rings. The number of benzene rings is 2. The van der Waals surface area contributed by atoms with Gasteiger partial charge in [0.05, 0.1) is 21.9 Å². The molecule has 35 heavy (non-hydrogen) atoms. The minimum absolute atomic E-state index is 0.0870. The second-order valence-corrected chi connectivity index (χ2v) is 9.62. The summed E-state index contributed by atoms with van der Waals surface area (Å²) in [6.07, 6.45) is 4.87. The van der Waals surface area contributed by atoms with Crippen LogP contribution in [-0.4, -0.2) is 41.4 Å². The lowest BCUT2D eigenvalue weighted by atomic mass is 9.72. The highest BCUT2D eigenvalue weighted by atomic mass is 19.1. The molecule has 4 aromatic rings. The molecule has 1 spiro atoms. The number of pyridine rings is 1. The molecule has 0 bridgehead atoms. The first-order chi connectivity index (χ1) is 17.0. The van der Waals surface area contributed by atoms with Gasteiger partial charge in [0, 0.05) is 42.4 Å². The predicted octanol–water partition coefficient (Wildman–Crippen LogP) is 4.37. The summed E-state index contributed by atoms with van der Waals surface area (Å²) < 4.78 is 13.5. The molecule has 2 aliphatic heterocycles. The van der Waals surface area contributed by atoms with E-state index in [2.05, 4.69) is 9.88 Å². The van der Waals surface area contributed by atoms with E-state index in [0.29, 0.717) is 24.2 Å². The smallest absolute Gasteiger partial charge is 0.252 e. The first-order valence-electron chi connectivity index (χ1n) is 12.0. The fourth-order valence-electron chi connectivity index (χ4n) is 5.89. The Bertz CT molecular complexity index is 1460. The fraction of sp³-hybridized carbons (Fsp3) is 0.296. The minimum Gasteiger partial charge on any atom is -0.365 e. The molecule has 2 amide bonds. The van der Waals surface area contributed by atoms with Gasteiger partial charge >= 0.3 is 0 Å². The average molecular weight is 472 g/mol. The number of aromatic amines is 1. The van der Waals surface area contributed by atoms with Crippen molar-refractivity contribution >= 4 is 45.1 Å². The van der Waals surface area contributed by atoms with Gasteiger partial charge in [0.1, 0.15) is 11.6 Å². The van der Waals surface area contributed by atoms with E-state index in [1.165, 1.54) is 18.3 Å². The van der Waals surface area contributed by atoms with Gasteiger partial charge in [0.2, 0.25) is 5.91 Å². The molecule has 3 N–H and O–H groups in total. The molecule has 0 aliphatic carbocycles. The summed E-state index contributed by atoms with van der Waals surface area (Å²) in [5.74, 6) is -0.00433. The quantitative estimate of drug-likeness (QED) is 0.464. The van der Waals surface area contributed by atoms with Gasteiger partial charge in [0.25, 0.3) is 5.91 Å². The third kappa shape index (κ3) is 3.43. The normalized spacial score (nSPS) is 20.8. The molecule has 2 aromatic carbocycles. The van der Waals surface area contributed by atoms with Crippen LogP contribution in [-0.2, 0) is 4.79 Å². The van der Waals surface area contributed by atoms with E-state index in [4.69, 9.17) is 10.7 Å². The van der Waals surface area contributed by atoms with Crippen molar-refractivity contribution in [3.8, 4) is 0 Å². The lowest BCUT2D eigenvalue weighted by Crippen LogP contribution is -2.56. The number of piperidine rings is 2. The number of fused-ring (bicyclic) bond motifs is 3. The number of anilines is 2. The van der Waals surface area contributed by atoms with Gasteiger partial charge in [-0.15, -0.1) is 0 Å². The number of nitrogens with two attached hydrogens (primary N) is 1. The van der Waals surface area contributed by atoms with Crippen molar-refractivity contribution in [1.29, 1.82) is 0 Å². The summed E-state index contributed by atoms with van der Waals surface area (Å²) in [5, 5.41) is 1.82. The van der Waals surface area contributed by atoms with Crippen LogP contribution in [0.5, 0.6) is 0 Å². The van der Waals surface area contributed by atoms with Crippen LogP contribution in [0.4, 0.5) is 15.9 Å². The lowest BCUT2D eigenvalue weighted by Gasteiger charge is -2.47. The molecular weight excluding hydrogens is 445 g/mol. The molecule has 2 aliphatic rings. The first kappa shape index (κ1) is 21.6. The highest BCUT2D eigenvalue weighted by molar-refractivity contribution is 6.18. The Labute approximate surface area is 201 Å². The number of aromatic nitrogens is 2. The van der Waals surface area contributed by atoms with E-state index >= 15 is 0 Å². The Balaban J connectivity index is 1.41. The molecule has 2 saturated heterocycles. The van der Waals surface area contributed by atoms with Crippen molar-refractivity contribution in [3.63, 3.8) is 0 Å². The van der Waals surface area contributed by atoms with Gasteiger partial charge in [-0.2, -0.15) is 0 Å². The second-order valence-electron chi connectivity index (χ2n) is 9.62. The Kier molecular flexibility index (Phi) is 4.98. The molecule has 178 valence electrons. The summed E-state index contributed by atoms with van der Waals surface area (Å²) in [6.45, 7) is 1.94. The highest BCUT2D eigenvalue weighted by Crippen LogP contribution is 2.44. The largest absolute Gasteiger partial charge is 0.365 e. The van der Waals surface area contributed by atoms with Gasteiger partial charge in [-0.05, 0) is 56.0 Å². The Hall–Kier alpha value is -3.94. The van der Waals surface area contributed by atoms with E-state index in [0.717, 1.165) is 60.0 Å². The van der Waals surface area contributed by atoms with Crippen molar-refractivity contribution in [2.45, 2.75) is 25.7 Å². The molecule has 0 radical (unpaired) electrons. The minimum atomic E-state index is -0.534. The van der Waals surface area contributed by atoms with Crippen LogP contribution in [0.25, 0.3) is 21.8 Å². The van der Waals surface area contributed by atoms with E-state index in [9.17, 15) is 14.0 Å². The molecule has 0 saturated carbocycles. The third-order valence-electron chi connectivity index (χ3n) is 7.53. The molecule has 8 heteroatoms. The predicted molar refractivity (Wildman–Crippen MR) is 134 cm³/mol. The molecule has 1 atom stereocenters. The summed E-state index contributed by atoms with van der Waals surface area (Å²) >= 11 is 0. The van der Waals surface area contributed by atoms with Gasteiger partial charge in [-0.25, -0.2) is 9.37 Å². The molecule has 7 nitrogen and oxygen atoms in total. The zero-order chi connectivity index (χ0) is 24.2. The van der Waals surface area contributed by atoms with Crippen LogP contribution < -0.4 is 15.5 Å². The summed E-state index contributed by atoms with van der Waals surface area (Å²) in [4.78, 5) is 38.0. The molecule has 0 unspecified atom stereocenters. The monoisotopic (exact) mass is 471 g/mol. The zero-order valence-corrected chi connectivity index (χ0v) is 19.3. The van der Waals surface area contributed by atoms with Crippen LogP contribution in [0.2, 0.25) is 0 Å². The number of carbonyl (C=O) groups is 2. The summed E-state index contributed by atoms with van der Waals surface area (Å²) in [7, 11) is 0. The Morgan fingerprint density at radius 1 is 1.06 bits per heavy atom. The number of hydrogen-bond donors (Lipinski definition) is 2. The number of nitrogens with zero attached hydrogens (tertiary/aromatic N) is 3. The van der Waals surface area contributed by atoms with Gasteiger partial charge in [-0.1, -0.05) is 18.2 Å². The van der Waals surface area contributed by atoms with Crippen LogP contribution in [0.3, 0.4) is 0 Å². The number of nitrogens with one attached hydrogen (secondary N) is 1. The van der Waals surface area contributed by atoms with Crippen molar-refractivity contribution < 1.29 is 14.0 Å². The van der Waals surface area contributed by atoms with Crippen LogP contribution in [0.15, 0.2) is 54.7 Å². The van der Waals surface area contributed by atoms with Gasteiger partial charge < -0.3 is 20.5 Å². The number of hydrogen-bond acceptors (Lipinski definition) is 4. The van der Waals surface area contributed by atoms with Crippen LogP contribution >= 0.6 is 0 Å².